The van der Waals surface area contributed by atoms with Crippen LogP contribution >= 0.6 is 0 Å². The van der Waals surface area contributed by atoms with Crippen molar-refractivity contribution in [1.82, 2.24) is 20.5 Å². The molecule has 7 heteroatoms. The Labute approximate surface area is 169 Å². The second-order valence-corrected chi connectivity index (χ2v) is 6.97. The molecule has 1 aromatic rings. The highest BCUT2D eigenvalue weighted by atomic mass is 16.5. The van der Waals surface area contributed by atoms with Crippen LogP contribution in [0.2, 0.25) is 0 Å². The standard InChI is InChI=1S/C21H35N5O2/c1-4-22-21(23-14-13-20(27)26(5-2)6-3)25-16-17-11-12-19(24-15-17)28-18-9-7-8-10-18/h11-12,15,18H,4-10,13-14,16H2,1-3H3,(H2,22,23,25). The molecule has 1 aromatic heterocycles. The minimum Gasteiger partial charge on any atom is -0.474 e. The highest BCUT2D eigenvalue weighted by Crippen LogP contribution is 2.22. The Balaban J connectivity index is 1.81. The van der Waals surface area contributed by atoms with Crippen molar-refractivity contribution in [3.05, 3.63) is 23.9 Å². The zero-order valence-corrected chi connectivity index (χ0v) is 17.5. The molecule has 1 amide bonds. The van der Waals surface area contributed by atoms with Gasteiger partial charge in [-0.1, -0.05) is 6.07 Å². The van der Waals surface area contributed by atoms with Crippen molar-refractivity contribution >= 4 is 11.9 Å². The highest BCUT2D eigenvalue weighted by molar-refractivity contribution is 5.81. The first kappa shape index (κ1) is 22.0. The van der Waals surface area contributed by atoms with Crippen LogP contribution < -0.4 is 15.4 Å². The number of pyridine rings is 1. The Hall–Kier alpha value is -2.31. The van der Waals surface area contributed by atoms with Crippen LogP contribution in [0.15, 0.2) is 23.3 Å². The smallest absolute Gasteiger partial charge is 0.224 e. The van der Waals surface area contributed by atoms with Crippen LogP contribution in [0.3, 0.4) is 0 Å². The summed E-state index contributed by atoms with van der Waals surface area (Å²) in [5.41, 5.74) is 1.02. The number of aliphatic imine (C=N–C) groups is 1. The molecule has 0 unspecified atom stereocenters. The molecule has 0 aromatic carbocycles. The third-order valence-corrected chi connectivity index (χ3v) is 4.90. The number of amides is 1. The third kappa shape index (κ3) is 7.37. The summed E-state index contributed by atoms with van der Waals surface area (Å²) in [6, 6.07) is 3.93. The van der Waals surface area contributed by atoms with Gasteiger partial charge in [-0.2, -0.15) is 0 Å². The topological polar surface area (TPSA) is 78.9 Å². The number of carbonyl (C=O) groups excluding carboxylic acids is 1. The maximum absolute atomic E-state index is 12.1. The van der Waals surface area contributed by atoms with Gasteiger partial charge < -0.3 is 20.3 Å². The Morgan fingerprint density at radius 3 is 2.57 bits per heavy atom. The number of hydrogen-bond acceptors (Lipinski definition) is 4. The Bertz CT molecular complexity index is 608. The van der Waals surface area contributed by atoms with Gasteiger partial charge in [0.2, 0.25) is 11.8 Å². The predicted molar refractivity (Wildman–Crippen MR) is 112 cm³/mol. The molecule has 1 fully saturated rings. The summed E-state index contributed by atoms with van der Waals surface area (Å²) in [5.74, 6) is 1.57. The van der Waals surface area contributed by atoms with Gasteiger partial charge >= 0.3 is 0 Å². The fourth-order valence-corrected chi connectivity index (χ4v) is 3.29. The predicted octanol–water partition coefficient (Wildman–Crippen LogP) is 2.72. The molecule has 0 aliphatic heterocycles. The maximum atomic E-state index is 12.1. The molecule has 2 N–H and O–H groups in total. The van der Waals surface area contributed by atoms with E-state index in [-0.39, 0.29) is 5.91 Å². The lowest BCUT2D eigenvalue weighted by Gasteiger charge is -2.19. The number of ether oxygens (including phenoxy) is 1. The van der Waals surface area contributed by atoms with Crippen molar-refractivity contribution in [2.45, 2.75) is 65.5 Å². The maximum Gasteiger partial charge on any atom is 0.224 e. The van der Waals surface area contributed by atoms with Crippen LogP contribution in [0.4, 0.5) is 0 Å². The molecule has 0 spiro atoms. The first-order chi connectivity index (χ1) is 13.7. The molecule has 7 nitrogen and oxygen atoms in total. The Kier molecular flexibility index (Phi) is 9.59. The van der Waals surface area contributed by atoms with E-state index in [1.807, 2.05) is 44.0 Å². The van der Waals surface area contributed by atoms with Crippen molar-refractivity contribution in [1.29, 1.82) is 0 Å². The summed E-state index contributed by atoms with van der Waals surface area (Å²) in [7, 11) is 0. The first-order valence-electron chi connectivity index (χ1n) is 10.6. The van der Waals surface area contributed by atoms with Crippen LogP contribution in [-0.4, -0.2) is 54.0 Å². The molecule has 2 rings (SSSR count). The van der Waals surface area contributed by atoms with E-state index in [2.05, 4.69) is 20.6 Å². The van der Waals surface area contributed by atoms with E-state index in [1.165, 1.54) is 12.8 Å². The number of rotatable bonds is 10. The van der Waals surface area contributed by atoms with Gasteiger partial charge in [0.25, 0.3) is 0 Å². The Morgan fingerprint density at radius 2 is 1.96 bits per heavy atom. The van der Waals surface area contributed by atoms with Crippen LogP contribution in [0.25, 0.3) is 0 Å². The van der Waals surface area contributed by atoms with Gasteiger partial charge in [0.05, 0.1) is 6.54 Å². The van der Waals surface area contributed by atoms with Crippen molar-refractivity contribution in [2.75, 3.05) is 26.2 Å². The second-order valence-electron chi connectivity index (χ2n) is 6.97. The van der Waals surface area contributed by atoms with Crippen LogP contribution in [-0.2, 0) is 11.3 Å². The highest BCUT2D eigenvalue weighted by Gasteiger charge is 2.16. The van der Waals surface area contributed by atoms with E-state index in [1.54, 1.807) is 0 Å². The van der Waals surface area contributed by atoms with E-state index < -0.39 is 0 Å². The van der Waals surface area contributed by atoms with Gasteiger partial charge in [0.1, 0.15) is 6.10 Å². The molecule has 1 aliphatic rings. The molecule has 0 saturated heterocycles. The van der Waals surface area contributed by atoms with Crippen LogP contribution in [0, 0.1) is 0 Å². The number of aromatic nitrogens is 1. The van der Waals surface area contributed by atoms with Gasteiger partial charge in [-0.3, -0.25) is 4.79 Å². The summed E-state index contributed by atoms with van der Waals surface area (Å²) >= 11 is 0. The van der Waals surface area contributed by atoms with Gasteiger partial charge in [0, 0.05) is 44.9 Å². The van der Waals surface area contributed by atoms with Gasteiger partial charge in [0.15, 0.2) is 5.96 Å². The van der Waals surface area contributed by atoms with E-state index in [0.717, 1.165) is 38.0 Å². The Morgan fingerprint density at radius 1 is 1.21 bits per heavy atom. The number of hydrogen-bond donors (Lipinski definition) is 2. The van der Waals surface area contributed by atoms with Crippen LogP contribution in [0.5, 0.6) is 5.88 Å². The molecule has 1 saturated carbocycles. The molecule has 1 heterocycles. The average Bonchev–Trinajstić information content (AvgIpc) is 3.21. The zero-order valence-electron chi connectivity index (χ0n) is 17.5. The van der Waals surface area contributed by atoms with Gasteiger partial charge in [-0.15, -0.1) is 0 Å². The van der Waals surface area contributed by atoms with E-state index in [9.17, 15) is 4.79 Å². The lowest BCUT2D eigenvalue weighted by molar-refractivity contribution is -0.130. The van der Waals surface area contributed by atoms with Gasteiger partial charge in [-0.25, -0.2) is 9.98 Å². The molecular weight excluding hydrogens is 354 g/mol. The van der Waals surface area contributed by atoms with Crippen molar-refractivity contribution < 1.29 is 9.53 Å². The minimum atomic E-state index is 0.162. The molecule has 0 radical (unpaired) electrons. The normalized spacial score (nSPS) is 14.8. The number of nitrogens with one attached hydrogen (secondary N) is 2. The van der Waals surface area contributed by atoms with E-state index in [4.69, 9.17) is 4.74 Å². The monoisotopic (exact) mass is 389 g/mol. The first-order valence-corrected chi connectivity index (χ1v) is 10.6. The lowest BCUT2D eigenvalue weighted by Crippen LogP contribution is -2.40. The average molecular weight is 390 g/mol. The van der Waals surface area contributed by atoms with Crippen molar-refractivity contribution in [2.24, 2.45) is 4.99 Å². The summed E-state index contributed by atoms with van der Waals surface area (Å²) in [4.78, 5) is 22.9. The third-order valence-electron chi connectivity index (χ3n) is 4.90. The molecule has 0 bridgehead atoms. The van der Waals surface area contributed by atoms with Crippen molar-refractivity contribution in [3.63, 3.8) is 0 Å². The van der Waals surface area contributed by atoms with E-state index >= 15 is 0 Å². The molecule has 1 aliphatic carbocycles. The fraction of sp³-hybridized carbons (Fsp3) is 0.667. The SMILES string of the molecule is CCNC(=NCc1ccc(OC2CCCC2)nc1)NCCC(=O)N(CC)CC. The fourth-order valence-electron chi connectivity index (χ4n) is 3.29. The lowest BCUT2D eigenvalue weighted by atomic mass is 10.3. The van der Waals surface area contributed by atoms with Crippen LogP contribution in [0.1, 0.15) is 58.4 Å². The summed E-state index contributed by atoms with van der Waals surface area (Å²) < 4.78 is 5.90. The molecule has 0 atom stereocenters. The zero-order chi connectivity index (χ0) is 20.2. The molecule has 28 heavy (non-hydrogen) atoms. The summed E-state index contributed by atoms with van der Waals surface area (Å²) in [5, 5.41) is 6.44. The number of guanidine groups is 1. The summed E-state index contributed by atoms with van der Waals surface area (Å²) in [6.07, 6.45) is 7.35. The minimum absolute atomic E-state index is 0.162. The molecular formula is C21H35N5O2. The number of nitrogens with zero attached hydrogens (tertiary/aromatic N) is 3. The quantitative estimate of drug-likeness (QED) is 0.475. The summed E-state index contributed by atoms with van der Waals surface area (Å²) in [6.45, 7) is 9.37. The van der Waals surface area contributed by atoms with Gasteiger partial charge in [-0.05, 0) is 52.0 Å². The second kappa shape index (κ2) is 12.2. The van der Waals surface area contributed by atoms with Crippen molar-refractivity contribution in [3.8, 4) is 5.88 Å². The van der Waals surface area contributed by atoms with E-state index in [0.29, 0.717) is 37.5 Å². The largest absolute Gasteiger partial charge is 0.474 e. The molecule has 156 valence electrons. The number of carbonyl (C=O) groups is 1.